The smallest absolute Gasteiger partial charge is 0.187 e. The lowest BCUT2D eigenvalue weighted by atomic mass is 9.99. The van der Waals surface area contributed by atoms with Gasteiger partial charge in [0.2, 0.25) is 0 Å². The number of ether oxygens (including phenoxy) is 2. The van der Waals surface area contributed by atoms with Crippen LogP contribution in [-0.2, 0) is 27.2 Å². The second kappa shape index (κ2) is 10.1. The molecule has 29 heavy (non-hydrogen) atoms. The zero-order valence-corrected chi connectivity index (χ0v) is 25.0. The third-order valence-electron chi connectivity index (χ3n) is 3.99. The molecule has 1 heterocycles. The molecule has 0 aromatic heterocycles. The fourth-order valence-corrected chi connectivity index (χ4v) is 6.85. The lowest BCUT2D eigenvalue weighted by Crippen LogP contribution is -2.66. The van der Waals surface area contributed by atoms with E-state index in [0.29, 0.717) is 6.61 Å². The highest BCUT2D eigenvalue weighted by molar-refractivity contribution is 6.71. The molecule has 0 spiro atoms. The molecule has 0 aliphatic carbocycles. The second-order valence-electron chi connectivity index (χ2n) is 11.8. The van der Waals surface area contributed by atoms with Crippen molar-refractivity contribution in [1.82, 2.24) is 0 Å². The van der Waals surface area contributed by atoms with Gasteiger partial charge in [0.15, 0.2) is 39.6 Å². The van der Waals surface area contributed by atoms with Crippen LogP contribution in [0.4, 0.5) is 0 Å². The Morgan fingerprint density at radius 3 is 1.41 bits per heavy atom. The van der Waals surface area contributed by atoms with E-state index in [0.717, 1.165) is 0 Å². The Balaban J connectivity index is 3.31. The van der Waals surface area contributed by atoms with Crippen LogP contribution >= 0.6 is 0 Å². The summed E-state index contributed by atoms with van der Waals surface area (Å²) in [5.74, 6) is 0. The van der Waals surface area contributed by atoms with Crippen LogP contribution in [0.3, 0.4) is 0 Å². The fraction of sp³-hybridized carbons (Fsp3) is 1.00. The molecular formula is C19H46O6Si4. The molecule has 1 aliphatic rings. The molecule has 1 rings (SSSR count). The number of hydrogen-bond acceptors (Lipinski definition) is 6. The van der Waals surface area contributed by atoms with Crippen molar-refractivity contribution in [2.75, 3.05) is 13.7 Å². The standard InChI is InChI=1S/C19H46O6Si4/c1-20-16-15(14-21-26(2,3)4)22-19(25-29(11,12)13)18(24-28(8,9)10)17(16)23-27(5,6)7/h15-19H,14H2,1-13H3/t15-,16-,17+,18-,19?/m1/s1. The minimum absolute atomic E-state index is 0.247. The van der Waals surface area contributed by atoms with Crippen molar-refractivity contribution in [3.05, 3.63) is 0 Å². The van der Waals surface area contributed by atoms with Crippen molar-refractivity contribution < 1.29 is 27.2 Å². The molecule has 0 saturated carbocycles. The van der Waals surface area contributed by atoms with Crippen molar-refractivity contribution in [2.45, 2.75) is 109 Å². The molecule has 5 atom stereocenters. The average Bonchev–Trinajstić information content (AvgIpc) is 2.43. The summed E-state index contributed by atoms with van der Waals surface area (Å²) >= 11 is 0. The van der Waals surface area contributed by atoms with Gasteiger partial charge in [-0.15, -0.1) is 0 Å². The summed E-state index contributed by atoms with van der Waals surface area (Å²) in [7, 11) is -5.61. The van der Waals surface area contributed by atoms with Gasteiger partial charge in [0, 0.05) is 7.11 Å². The summed E-state index contributed by atoms with van der Waals surface area (Å²) in [4.78, 5) is 0. The van der Waals surface area contributed by atoms with Crippen LogP contribution in [0.25, 0.3) is 0 Å². The van der Waals surface area contributed by atoms with Crippen LogP contribution in [0.5, 0.6) is 0 Å². The van der Waals surface area contributed by atoms with E-state index in [1.807, 2.05) is 0 Å². The highest BCUT2D eigenvalue weighted by Crippen LogP contribution is 2.34. The number of rotatable bonds is 10. The first-order valence-corrected chi connectivity index (χ1v) is 24.3. The number of methoxy groups -OCH3 is 1. The maximum absolute atomic E-state index is 6.67. The summed E-state index contributed by atoms with van der Waals surface area (Å²) in [5, 5.41) is 0. The Kier molecular flexibility index (Phi) is 9.59. The maximum atomic E-state index is 6.67. The van der Waals surface area contributed by atoms with Gasteiger partial charge in [-0.1, -0.05) is 0 Å². The molecular weight excluding hydrogens is 437 g/mol. The third kappa shape index (κ3) is 10.7. The van der Waals surface area contributed by atoms with Gasteiger partial charge in [0.25, 0.3) is 0 Å². The first kappa shape index (κ1) is 27.7. The summed E-state index contributed by atoms with van der Waals surface area (Å²) in [5.41, 5.74) is 0. The van der Waals surface area contributed by atoms with Gasteiger partial charge in [-0.25, -0.2) is 0 Å². The second-order valence-corrected chi connectivity index (χ2v) is 29.7. The maximum Gasteiger partial charge on any atom is 0.187 e. The summed E-state index contributed by atoms with van der Waals surface area (Å²) in [6.45, 7) is 26.7. The third-order valence-corrected chi connectivity index (χ3v) is 7.92. The minimum Gasteiger partial charge on any atom is -0.415 e. The van der Waals surface area contributed by atoms with Gasteiger partial charge < -0.3 is 27.2 Å². The summed E-state index contributed by atoms with van der Waals surface area (Å²) in [6, 6.07) is 0. The Morgan fingerprint density at radius 1 is 0.586 bits per heavy atom. The van der Waals surface area contributed by atoms with Crippen LogP contribution in [0, 0.1) is 0 Å². The summed E-state index contributed by atoms with van der Waals surface area (Å²) < 4.78 is 38.4. The topological polar surface area (TPSA) is 55.4 Å². The zero-order chi connectivity index (χ0) is 22.8. The van der Waals surface area contributed by atoms with E-state index in [-0.39, 0.29) is 24.4 Å². The predicted octanol–water partition coefficient (Wildman–Crippen LogP) is 4.87. The van der Waals surface area contributed by atoms with E-state index in [9.17, 15) is 0 Å². The van der Waals surface area contributed by atoms with E-state index < -0.39 is 39.6 Å². The molecule has 0 bridgehead atoms. The molecule has 0 aromatic rings. The molecule has 0 amide bonds. The van der Waals surface area contributed by atoms with E-state index in [1.54, 1.807) is 7.11 Å². The lowest BCUT2D eigenvalue weighted by Gasteiger charge is -2.50. The molecule has 0 radical (unpaired) electrons. The van der Waals surface area contributed by atoms with Crippen LogP contribution in [0.15, 0.2) is 0 Å². The van der Waals surface area contributed by atoms with E-state index >= 15 is 0 Å². The molecule has 174 valence electrons. The first-order valence-electron chi connectivity index (χ1n) is 10.7. The molecule has 10 heteroatoms. The van der Waals surface area contributed by atoms with Gasteiger partial charge in [-0.05, 0) is 78.6 Å². The van der Waals surface area contributed by atoms with Crippen LogP contribution < -0.4 is 0 Å². The van der Waals surface area contributed by atoms with Crippen molar-refractivity contribution in [2.24, 2.45) is 0 Å². The van der Waals surface area contributed by atoms with E-state index in [2.05, 4.69) is 78.6 Å². The largest absolute Gasteiger partial charge is 0.415 e. The SMILES string of the molecule is CO[C@H]1[C@H](O[Si](C)(C)C)[C@@H](O[Si](C)(C)C)C(O[Si](C)(C)C)O[C@@H]1CO[Si](C)(C)C. The Hall–Kier alpha value is 0.628. The van der Waals surface area contributed by atoms with Crippen molar-refractivity contribution in [3.63, 3.8) is 0 Å². The van der Waals surface area contributed by atoms with E-state index in [4.69, 9.17) is 27.2 Å². The molecule has 6 nitrogen and oxygen atoms in total. The van der Waals surface area contributed by atoms with Gasteiger partial charge in [0.05, 0.1) is 6.61 Å². The molecule has 1 unspecified atom stereocenters. The minimum atomic E-state index is -1.88. The van der Waals surface area contributed by atoms with Gasteiger partial charge in [-0.2, -0.15) is 0 Å². The highest BCUT2D eigenvalue weighted by Gasteiger charge is 2.51. The van der Waals surface area contributed by atoms with Crippen LogP contribution in [0.2, 0.25) is 78.6 Å². The molecule has 1 saturated heterocycles. The quantitative estimate of drug-likeness (QED) is 0.414. The first-order chi connectivity index (χ1) is 12.8. The highest BCUT2D eigenvalue weighted by atomic mass is 28.4. The molecule has 1 aliphatic heterocycles. The monoisotopic (exact) mass is 482 g/mol. The predicted molar refractivity (Wildman–Crippen MR) is 130 cm³/mol. The van der Waals surface area contributed by atoms with Crippen LogP contribution in [-0.4, -0.2) is 77.7 Å². The summed E-state index contributed by atoms with van der Waals surface area (Å²) in [6.07, 6.45) is -1.55. The van der Waals surface area contributed by atoms with Crippen molar-refractivity contribution in [3.8, 4) is 0 Å². The van der Waals surface area contributed by atoms with Crippen molar-refractivity contribution in [1.29, 1.82) is 0 Å². The van der Waals surface area contributed by atoms with Crippen LogP contribution in [0.1, 0.15) is 0 Å². The number of hydrogen-bond donors (Lipinski definition) is 0. The van der Waals surface area contributed by atoms with E-state index in [1.165, 1.54) is 0 Å². The Labute approximate surface area is 183 Å². The zero-order valence-electron chi connectivity index (χ0n) is 21.0. The van der Waals surface area contributed by atoms with Gasteiger partial charge in [-0.3, -0.25) is 0 Å². The molecule has 0 aromatic carbocycles. The lowest BCUT2D eigenvalue weighted by molar-refractivity contribution is -0.276. The molecule has 0 N–H and O–H groups in total. The Bertz CT molecular complexity index is 507. The fourth-order valence-electron chi connectivity index (χ4n) is 3.15. The van der Waals surface area contributed by atoms with Gasteiger partial charge in [0.1, 0.15) is 24.4 Å². The normalized spacial score (nSPS) is 29.9. The molecule has 1 fully saturated rings. The van der Waals surface area contributed by atoms with Crippen molar-refractivity contribution >= 4 is 33.3 Å². The van der Waals surface area contributed by atoms with Gasteiger partial charge >= 0.3 is 0 Å². The average molecular weight is 483 g/mol. The Morgan fingerprint density at radius 2 is 1.03 bits per heavy atom.